The predicted octanol–water partition coefficient (Wildman–Crippen LogP) is 3.25. The largest absolute Gasteiger partial charge is 0.478 e. The molecule has 0 radical (unpaired) electrons. The highest BCUT2D eigenvalue weighted by Crippen LogP contribution is 2.31. The minimum atomic E-state index is -0.935. The third kappa shape index (κ3) is 1.77. The van der Waals surface area contributed by atoms with Gasteiger partial charge in [0.25, 0.3) is 0 Å². The Balaban J connectivity index is 2.38. The third-order valence-electron chi connectivity index (χ3n) is 3.50. The van der Waals surface area contributed by atoms with Crippen LogP contribution >= 0.6 is 0 Å². The highest BCUT2D eigenvalue weighted by atomic mass is 16.4. The van der Waals surface area contributed by atoms with E-state index in [4.69, 9.17) is 0 Å². The lowest BCUT2D eigenvalue weighted by atomic mass is 10.0. The zero-order valence-corrected chi connectivity index (χ0v) is 11.3. The second-order valence-electron chi connectivity index (χ2n) is 4.79. The Morgan fingerprint density at radius 1 is 1.15 bits per heavy atom. The maximum absolute atomic E-state index is 11.3. The van der Waals surface area contributed by atoms with Gasteiger partial charge in [-0.3, -0.25) is 4.68 Å². The molecule has 1 heterocycles. The molecule has 0 aliphatic heterocycles. The van der Waals surface area contributed by atoms with E-state index in [-0.39, 0.29) is 5.56 Å². The van der Waals surface area contributed by atoms with Crippen LogP contribution < -0.4 is 0 Å². The number of carbonyl (C=O) groups is 1. The summed E-state index contributed by atoms with van der Waals surface area (Å²) < 4.78 is 1.64. The van der Waals surface area contributed by atoms with Crippen molar-refractivity contribution in [3.05, 3.63) is 53.6 Å². The Bertz CT molecular complexity index is 818. The van der Waals surface area contributed by atoms with Crippen LogP contribution in [0.25, 0.3) is 22.2 Å². The van der Waals surface area contributed by atoms with Crippen LogP contribution in [0.1, 0.15) is 15.9 Å². The lowest BCUT2D eigenvalue weighted by Gasteiger charge is -2.02. The molecule has 1 aromatic heterocycles. The topological polar surface area (TPSA) is 55.1 Å². The van der Waals surface area contributed by atoms with E-state index in [0.717, 1.165) is 22.2 Å². The van der Waals surface area contributed by atoms with Gasteiger partial charge in [0.2, 0.25) is 0 Å². The van der Waals surface area contributed by atoms with Gasteiger partial charge >= 0.3 is 5.97 Å². The number of para-hydroxylation sites is 1. The molecule has 4 heteroatoms. The number of carboxylic acid groups (broad SMARTS) is 1. The number of carboxylic acids is 1. The van der Waals surface area contributed by atoms with Crippen molar-refractivity contribution in [3.8, 4) is 11.3 Å². The zero-order valence-electron chi connectivity index (χ0n) is 11.3. The first kappa shape index (κ1) is 12.4. The summed E-state index contributed by atoms with van der Waals surface area (Å²) in [5, 5.41) is 14.7. The minimum Gasteiger partial charge on any atom is -0.478 e. The summed E-state index contributed by atoms with van der Waals surface area (Å²) in [6, 6.07) is 13.2. The maximum atomic E-state index is 11.3. The fraction of sp³-hybridized carbons (Fsp3) is 0.125. The molecule has 1 N–H and O–H groups in total. The summed E-state index contributed by atoms with van der Waals surface area (Å²) in [5.41, 5.74) is 3.90. The van der Waals surface area contributed by atoms with E-state index < -0.39 is 5.97 Å². The van der Waals surface area contributed by atoms with Crippen molar-refractivity contribution in [2.75, 3.05) is 0 Å². The number of hydrogen-bond donors (Lipinski definition) is 1. The Morgan fingerprint density at radius 2 is 1.90 bits per heavy atom. The fourth-order valence-corrected chi connectivity index (χ4v) is 2.55. The molecule has 4 nitrogen and oxygen atoms in total. The molecule has 0 bridgehead atoms. The van der Waals surface area contributed by atoms with Crippen molar-refractivity contribution in [3.63, 3.8) is 0 Å². The van der Waals surface area contributed by atoms with Crippen LogP contribution in [0.2, 0.25) is 0 Å². The molecule has 0 aliphatic rings. The van der Waals surface area contributed by atoms with E-state index in [2.05, 4.69) is 5.10 Å². The maximum Gasteiger partial charge on any atom is 0.337 e. The van der Waals surface area contributed by atoms with Gasteiger partial charge in [0, 0.05) is 18.0 Å². The molecular formula is C16H14N2O2. The highest BCUT2D eigenvalue weighted by Gasteiger charge is 2.17. The minimum absolute atomic E-state index is 0.275. The van der Waals surface area contributed by atoms with Gasteiger partial charge in [-0.15, -0.1) is 0 Å². The van der Waals surface area contributed by atoms with E-state index in [1.165, 1.54) is 0 Å². The molecule has 0 atom stereocenters. The first-order valence-corrected chi connectivity index (χ1v) is 6.34. The van der Waals surface area contributed by atoms with Gasteiger partial charge in [-0.2, -0.15) is 5.10 Å². The second-order valence-corrected chi connectivity index (χ2v) is 4.79. The molecule has 0 saturated heterocycles. The molecular weight excluding hydrogens is 252 g/mol. The van der Waals surface area contributed by atoms with Crippen LogP contribution in [0.3, 0.4) is 0 Å². The van der Waals surface area contributed by atoms with E-state index >= 15 is 0 Å². The summed E-state index contributed by atoms with van der Waals surface area (Å²) in [5.74, 6) is -0.935. The summed E-state index contributed by atoms with van der Waals surface area (Å²) in [4.78, 5) is 11.3. The Morgan fingerprint density at radius 3 is 2.60 bits per heavy atom. The molecule has 3 rings (SSSR count). The predicted molar refractivity (Wildman–Crippen MR) is 77.8 cm³/mol. The number of rotatable bonds is 2. The van der Waals surface area contributed by atoms with Crippen molar-refractivity contribution < 1.29 is 9.90 Å². The number of aromatic nitrogens is 2. The molecule has 0 unspecified atom stereocenters. The molecule has 0 saturated carbocycles. The quantitative estimate of drug-likeness (QED) is 0.774. The normalized spacial score (nSPS) is 10.9. The van der Waals surface area contributed by atoms with Crippen molar-refractivity contribution in [1.29, 1.82) is 0 Å². The van der Waals surface area contributed by atoms with E-state index in [0.29, 0.717) is 5.52 Å². The average Bonchev–Trinajstić information content (AvgIpc) is 2.77. The number of benzene rings is 2. The van der Waals surface area contributed by atoms with Gasteiger partial charge in [-0.05, 0) is 18.6 Å². The van der Waals surface area contributed by atoms with Crippen LogP contribution in [-0.2, 0) is 7.05 Å². The molecule has 0 spiro atoms. The standard InChI is InChI=1S/C16H14N2O2/c1-10-6-3-4-7-11(10)14-12-8-5-9-13(16(19)20)15(12)18(2)17-14/h3-9H,1-2H3,(H,19,20). The molecule has 0 fully saturated rings. The molecule has 20 heavy (non-hydrogen) atoms. The third-order valence-corrected chi connectivity index (χ3v) is 3.50. The second kappa shape index (κ2) is 4.49. The van der Waals surface area contributed by atoms with Gasteiger partial charge in [-0.25, -0.2) is 4.79 Å². The lowest BCUT2D eigenvalue weighted by Crippen LogP contribution is -2.00. The molecule has 2 aromatic carbocycles. The van der Waals surface area contributed by atoms with Crippen LogP contribution in [0, 0.1) is 6.92 Å². The van der Waals surface area contributed by atoms with Gasteiger partial charge in [-0.1, -0.05) is 36.4 Å². The SMILES string of the molecule is Cc1ccccc1-c1nn(C)c2c(C(=O)O)cccc12. The van der Waals surface area contributed by atoms with Crippen molar-refractivity contribution in [2.45, 2.75) is 6.92 Å². The molecule has 0 amide bonds. The summed E-state index contributed by atoms with van der Waals surface area (Å²) >= 11 is 0. The fourth-order valence-electron chi connectivity index (χ4n) is 2.55. The van der Waals surface area contributed by atoms with Crippen molar-refractivity contribution in [1.82, 2.24) is 9.78 Å². The van der Waals surface area contributed by atoms with Gasteiger partial charge in [0.05, 0.1) is 11.1 Å². The lowest BCUT2D eigenvalue weighted by molar-refractivity contribution is 0.0698. The molecule has 0 aliphatic carbocycles. The number of nitrogens with zero attached hydrogens (tertiary/aromatic N) is 2. The smallest absolute Gasteiger partial charge is 0.337 e. The number of hydrogen-bond acceptors (Lipinski definition) is 2. The Kier molecular flexibility index (Phi) is 2.79. The monoisotopic (exact) mass is 266 g/mol. The van der Waals surface area contributed by atoms with Crippen LogP contribution in [-0.4, -0.2) is 20.9 Å². The van der Waals surface area contributed by atoms with E-state index in [1.54, 1.807) is 23.9 Å². The van der Waals surface area contributed by atoms with Crippen molar-refractivity contribution in [2.24, 2.45) is 7.05 Å². The summed E-state index contributed by atoms with van der Waals surface area (Å²) in [7, 11) is 1.77. The number of fused-ring (bicyclic) bond motifs is 1. The highest BCUT2D eigenvalue weighted by molar-refractivity contribution is 6.06. The zero-order chi connectivity index (χ0) is 14.3. The van der Waals surface area contributed by atoms with Gasteiger partial charge < -0.3 is 5.11 Å². The van der Waals surface area contributed by atoms with E-state index in [9.17, 15) is 9.90 Å². The average molecular weight is 266 g/mol. The summed E-state index contributed by atoms with van der Waals surface area (Å²) in [6.07, 6.45) is 0. The Hall–Kier alpha value is -2.62. The first-order valence-electron chi connectivity index (χ1n) is 6.34. The molecule has 3 aromatic rings. The molecule has 100 valence electrons. The van der Waals surface area contributed by atoms with Crippen molar-refractivity contribution >= 4 is 16.9 Å². The van der Waals surface area contributed by atoms with E-state index in [1.807, 2.05) is 37.3 Å². The first-order chi connectivity index (χ1) is 9.59. The Labute approximate surface area is 116 Å². The van der Waals surface area contributed by atoms with Gasteiger partial charge in [0.1, 0.15) is 5.69 Å². The van der Waals surface area contributed by atoms with Crippen LogP contribution in [0.15, 0.2) is 42.5 Å². The number of aromatic carboxylic acids is 1. The number of aryl methyl sites for hydroxylation is 2. The van der Waals surface area contributed by atoms with Crippen LogP contribution in [0.5, 0.6) is 0 Å². The van der Waals surface area contributed by atoms with Crippen LogP contribution in [0.4, 0.5) is 0 Å². The summed E-state index contributed by atoms with van der Waals surface area (Å²) in [6.45, 7) is 2.02. The van der Waals surface area contributed by atoms with Gasteiger partial charge in [0.15, 0.2) is 0 Å².